The molecule has 2 fully saturated rings. The zero-order valence-corrected chi connectivity index (χ0v) is 11.8. The van der Waals surface area contributed by atoms with Crippen molar-refractivity contribution >= 4 is 23.2 Å². The number of nitrogens with zero attached hydrogens (tertiary/aromatic N) is 1. The summed E-state index contributed by atoms with van der Waals surface area (Å²) in [5.74, 6) is -0.333. The molecule has 1 amide bonds. The Morgan fingerprint density at radius 3 is 2.57 bits per heavy atom. The van der Waals surface area contributed by atoms with E-state index >= 15 is 0 Å². The monoisotopic (exact) mass is 318 g/mol. The third-order valence-electron chi connectivity index (χ3n) is 3.78. The van der Waals surface area contributed by atoms with E-state index < -0.39 is 17.8 Å². The minimum Gasteiger partial charge on any atom is -0.309 e. The normalized spacial score (nSPS) is 23.0. The molecule has 1 saturated heterocycles. The average molecular weight is 319 g/mol. The van der Waals surface area contributed by atoms with Gasteiger partial charge in [0, 0.05) is 12.6 Å². The van der Waals surface area contributed by atoms with Crippen LogP contribution in [0.15, 0.2) is 18.2 Å². The molecule has 21 heavy (non-hydrogen) atoms. The molecule has 0 spiro atoms. The Morgan fingerprint density at radius 1 is 1.24 bits per heavy atom. The summed E-state index contributed by atoms with van der Waals surface area (Å²) >= 11 is 5.93. The van der Waals surface area contributed by atoms with Crippen molar-refractivity contribution in [3.05, 3.63) is 28.8 Å². The first-order chi connectivity index (χ1) is 9.88. The lowest BCUT2D eigenvalue weighted by atomic mass is 10.1. The van der Waals surface area contributed by atoms with Gasteiger partial charge in [0.1, 0.15) is 0 Å². The van der Waals surface area contributed by atoms with Crippen molar-refractivity contribution in [2.24, 2.45) is 0 Å². The number of hydrogen-bond acceptors (Lipinski definition) is 2. The maximum atomic E-state index is 13.1. The molecule has 3 rings (SSSR count). The van der Waals surface area contributed by atoms with Gasteiger partial charge < -0.3 is 10.2 Å². The zero-order valence-electron chi connectivity index (χ0n) is 11.1. The molecule has 0 bridgehead atoms. The van der Waals surface area contributed by atoms with Crippen molar-refractivity contribution in [2.45, 2.75) is 37.5 Å². The predicted molar refractivity (Wildman–Crippen MR) is 73.4 cm³/mol. The van der Waals surface area contributed by atoms with E-state index in [1.54, 1.807) is 0 Å². The number of carbonyl (C=O) groups excluding carboxylic acids is 1. The number of hydrogen-bond donors (Lipinski definition) is 1. The first-order valence-corrected chi connectivity index (χ1v) is 7.19. The number of nitrogens with one attached hydrogen (secondary N) is 1. The number of alkyl halides is 3. The van der Waals surface area contributed by atoms with E-state index in [2.05, 4.69) is 5.32 Å². The van der Waals surface area contributed by atoms with Gasteiger partial charge >= 0.3 is 6.18 Å². The Kier molecular flexibility index (Phi) is 3.61. The summed E-state index contributed by atoms with van der Waals surface area (Å²) in [5, 5.41) is 3.11. The van der Waals surface area contributed by atoms with Gasteiger partial charge in [0.15, 0.2) is 0 Å². The molecule has 1 atom stereocenters. The molecule has 0 aromatic heterocycles. The SMILES string of the molecule is O=C1C(NC2CC2)CCN1c1c(Cl)cccc1C(F)(F)F. The third-order valence-corrected chi connectivity index (χ3v) is 4.09. The van der Waals surface area contributed by atoms with Crippen molar-refractivity contribution in [1.29, 1.82) is 0 Å². The van der Waals surface area contributed by atoms with Crippen LogP contribution >= 0.6 is 11.6 Å². The summed E-state index contributed by atoms with van der Waals surface area (Å²) in [6, 6.07) is 3.49. The van der Waals surface area contributed by atoms with E-state index in [-0.39, 0.29) is 23.2 Å². The lowest BCUT2D eigenvalue weighted by Gasteiger charge is -2.23. The fourth-order valence-electron chi connectivity index (χ4n) is 2.61. The van der Waals surface area contributed by atoms with Crippen LogP contribution in [0.5, 0.6) is 0 Å². The minimum atomic E-state index is -4.54. The Morgan fingerprint density at radius 2 is 1.95 bits per heavy atom. The van der Waals surface area contributed by atoms with Crippen molar-refractivity contribution in [2.75, 3.05) is 11.4 Å². The smallest absolute Gasteiger partial charge is 0.309 e. The average Bonchev–Trinajstić information content (AvgIpc) is 3.14. The molecule has 0 radical (unpaired) electrons. The molecule has 1 heterocycles. The molecule has 3 nitrogen and oxygen atoms in total. The van der Waals surface area contributed by atoms with Gasteiger partial charge in [0.2, 0.25) is 5.91 Å². The van der Waals surface area contributed by atoms with Crippen LogP contribution in [0.1, 0.15) is 24.8 Å². The van der Waals surface area contributed by atoms with E-state index in [1.165, 1.54) is 12.1 Å². The summed E-state index contributed by atoms with van der Waals surface area (Å²) in [5.41, 5.74) is -1.09. The summed E-state index contributed by atoms with van der Waals surface area (Å²) in [6.07, 6.45) is -2.01. The van der Waals surface area contributed by atoms with Crippen LogP contribution in [-0.2, 0) is 11.0 Å². The second kappa shape index (κ2) is 5.18. The molecule has 114 valence electrons. The summed E-state index contributed by atoms with van der Waals surface area (Å²) in [7, 11) is 0. The molecule has 1 saturated carbocycles. The number of benzene rings is 1. The van der Waals surface area contributed by atoms with Crippen molar-refractivity contribution in [1.82, 2.24) is 5.32 Å². The molecule has 2 aliphatic rings. The molecule has 1 aromatic rings. The number of amides is 1. The molecule has 1 aliphatic carbocycles. The van der Waals surface area contributed by atoms with Crippen molar-refractivity contribution in [3.8, 4) is 0 Å². The van der Waals surface area contributed by atoms with E-state index in [9.17, 15) is 18.0 Å². The fraction of sp³-hybridized carbons (Fsp3) is 0.500. The van der Waals surface area contributed by atoms with Crippen LogP contribution in [0, 0.1) is 0 Å². The number of rotatable bonds is 3. The molecule has 1 aliphatic heterocycles. The molecule has 1 aromatic carbocycles. The summed E-state index contributed by atoms with van der Waals surface area (Å²) in [4.78, 5) is 13.5. The van der Waals surface area contributed by atoms with E-state index in [0.29, 0.717) is 12.5 Å². The van der Waals surface area contributed by atoms with Crippen LogP contribution < -0.4 is 10.2 Å². The van der Waals surface area contributed by atoms with Crippen LogP contribution in [0.25, 0.3) is 0 Å². The van der Waals surface area contributed by atoms with Crippen LogP contribution in [0.2, 0.25) is 5.02 Å². The Labute approximate surface area is 125 Å². The highest BCUT2D eigenvalue weighted by atomic mass is 35.5. The van der Waals surface area contributed by atoms with Crippen molar-refractivity contribution < 1.29 is 18.0 Å². The van der Waals surface area contributed by atoms with Crippen molar-refractivity contribution in [3.63, 3.8) is 0 Å². The van der Waals surface area contributed by atoms with E-state index in [4.69, 9.17) is 11.6 Å². The highest BCUT2D eigenvalue weighted by Crippen LogP contribution is 2.42. The summed E-state index contributed by atoms with van der Waals surface area (Å²) in [6.45, 7) is 0.246. The van der Waals surface area contributed by atoms with Gasteiger partial charge in [0.05, 0.1) is 22.3 Å². The lowest BCUT2D eigenvalue weighted by molar-refractivity contribution is -0.137. The first-order valence-electron chi connectivity index (χ1n) is 6.81. The van der Waals surface area contributed by atoms with E-state index in [0.717, 1.165) is 23.8 Å². The fourth-order valence-corrected chi connectivity index (χ4v) is 2.89. The van der Waals surface area contributed by atoms with Crippen LogP contribution in [-0.4, -0.2) is 24.5 Å². The number of carbonyl (C=O) groups is 1. The zero-order chi connectivity index (χ0) is 15.2. The summed E-state index contributed by atoms with van der Waals surface area (Å²) < 4.78 is 39.3. The Balaban J connectivity index is 1.91. The van der Waals surface area contributed by atoms with Gasteiger partial charge in [-0.1, -0.05) is 17.7 Å². The highest BCUT2D eigenvalue weighted by Gasteiger charge is 2.42. The topological polar surface area (TPSA) is 32.3 Å². The second-order valence-corrected chi connectivity index (χ2v) is 5.81. The molecule has 1 unspecified atom stereocenters. The number of anilines is 1. The van der Waals surface area contributed by atoms with Gasteiger partial charge in [-0.25, -0.2) is 0 Å². The van der Waals surface area contributed by atoms with Gasteiger partial charge in [-0.3, -0.25) is 4.79 Å². The first kappa shape index (κ1) is 14.7. The third kappa shape index (κ3) is 2.87. The largest absolute Gasteiger partial charge is 0.418 e. The Bertz CT molecular complexity index is 572. The van der Waals surface area contributed by atoms with Gasteiger partial charge in [-0.2, -0.15) is 13.2 Å². The maximum absolute atomic E-state index is 13.1. The quantitative estimate of drug-likeness (QED) is 0.928. The maximum Gasteiger partial charge on any atom is 0.418 e. The van der Waals surface area contributed by atoms with Gasteiger partial charge in [-0.15, -0.1) is 0 Å². The number of halogens is 4. The standard InChI is InChI=1S/C14H14ClF3N2O/c15-10-3-1-2-9(14(16,17)18)12(10)20-7-6-11(13(20)21)19-8-4-5-8/h1-3,8,11,19H,4-7H2. The highest BCUT2D eigenvalue weighted by molar-refractivity contribution is 6.34. The minimum absolute atomic E-state index is 0.0507. The molecule has 1 N–H and O–H groups in total. The van der Waals surface area contributed by atoms with Crippen LogP contribution in [0.4, 0.5) is 18.9 Å². The van der Waals surface area contributed by atoms with E-state index in [1.807, 2.05) is 0 Å². The second-order valence-electron chi connectivity index (χ2n) is 5.41. The number of para-hydroxylation sites is 1. The van der Waals surface area contributed by atoms with Gasteiger partial charge in [-0.05, 0) is 31.4 Å². The molecule has 7 heteroatoms. The molecular formula is C14H14ClF3N2O. The van der Waals surface area contributed by atoms with Crippen LogP contribution in [0.3, 0.4) is 0 Å². The predicted octanol–water partition coefficient (Wildman–Crippen LogP) is 3.22. The van der Waals surface area contributed by atoms with Gasteiger partial charge in [0.25, 0.3) is 0 Å². The lowest BCUT2D eigenvalue weighted by Crippen LogP contribution is -2.40. The molecular weight excluding hydrogens is 305 g/mol. The Hall–Kier alpha value is -1.27.